The van der Waals surface area contributed by atoms with Crippen LogP contribution >= 0.6 is 0 Å². The molecular formula is C77H143N3O4. The van der Waals surface area contributed by atoms with Gasteiger partial charge in [0.2, 0.25) is 0 Å². The molecule has 84 heavy (non-hydrogen) atoms. The minimum absolute atomic E-state index is 0.442. The molecule has 0 saturated heterocycles. The highest BCUT2D eigenvalue weighted by atomic mass is 16.3. The number of aliphatic hydroxyl groups is 4. The quantitative estimate of drug-likeness (QED) is 0.0356. The van der Waals surface area contributed by atoms with Gasteiger partial charge in [0.25, 0.3) is 0 Å². The van der Waals surface area contributed by atoms with Crippen molar-refractivity contribution in [2.75, 3.05) is 59.4 Å². The number of nitrogens with zero attached hydrogens (tertiary/aromatic N) is 3. The van der Waals surface area contributed by atoms with Crippen molar-refractivity contribution in [3.05, 3.63) is 97.2 Å². The minimum Gasteiger partial charge on any atom is -0.392 e. The molecule has 0 aliphatic carbocycles. The molecule has 0 heterocycles. The zero-order chi connectivity index (χ0) is 61.1. The van der Waals surface area contributed by atoms with Gasteiger partial charge in [-0.3, -0.25) is 9.80 Å². The van der Waals surface area contributed by atoms with Gasteiger partial charge in [0.05, 0.1) is 24.4 Å². The Morgan fingerprint density at radius 1 is 0.238 bits per heavy atom. The second-order valence-corrected chi connectivity index (χ2v) is 25.1. The summed E-state index contributed by atoms with van der Waals surface area (Å²) in [5, 5.41) is 45.4. The molecule has 0 saturated carbocycles. The van der Waals surface area contributed by atoms with E-state index in [1.54, 1.807) is 0 Å². The third-order valence-electron chi connectivity index (χ3n) is 16.4. The number of hydrogen-bond acceptors (Lipinski definition) is 7. The molecule has 7 nitrogen and oxygen atoms in total. The molecule has 490 valence electrons. The number of hydrogen-bond donors (Lipinski definition) is 4. The second kappa shape index (κ2) is 68.1. The number of unbranched alkanes of at least 4 members (excludes halogenated alkanes) is 28. The molecule has 0 spiro atoms. The molecule has 0 aliphatic heterocycles. The third-order valence-corrected chi connectivity index (χ3v) is 16.4. The Labute approximate surface area is 523 Å². The fourth-order valence-electron chi connectivity index (χ4n) is 10.9. The van der Waals surface area contributed by atoms with Crippen molar-refractivity contribution in [2.24, 2.45) is 0 Å². The average molecular weight is 1180 g/mol. The monoisotopic (exact) mass is 1170 g/mol. The van der Waals surface area contributed by atoms with E-state index < -0.39 is 24.4 Å². The van der Waals surface area contributed by atoms with E-state index in [1.165, 1.54) is 180 Å². The lowest BCUT2D eigenvalue weighted by Crippen LogP contribution is -2.44. The summed E-state index contributed by atoms with van der Waals surface area (Å²) < 4.78 is 0. The van der Waals surface area contributed by atoms with Crippen LogP contribution in [0.1, 0.15) is 310 Å². The highest BCUT2D eigenvalue weighted by Gasteiger charge is 2.19. The molecule has 0 rings (SSSR count). The second-order valence-electron chi connectivity index (χ2n) is 25.1. The maximum Gasteiger partial charge on any atom is 0.0667 e. The average Bonchev–Trinajstić information content (AvgIpc) is 3.48. The molecule has 0 aliphatic rings. The van der Waals surface area contributed by atoms with Crippen LogP contribution in [0.2, 0.25) is 0 Å². The summed E-state index contributed by atoms with van der Waals surface area (Å²) >= 11 is 0. The van der Waals surface area contributed by atoms with E-state index >= 15 is 0 Å². The summed E-state index contributed by atoms with van der Waals surface area (Å²) in [7, 11) is 2.16. The Hall–Kier alpha value is -2.36. The summed E-state index contributed by atoms with van der Waals surface area (Å²) in [4.78, 5) is 6.92. The first-order valence-corrected chi connectivity index (χ1v) is 36.3. The summed E-state index contributed by atoms with van der Waals surface area (Å²) in [5.74, 6) is 0. The molecule has 0 aromatic rings. The van der Waals surface area contributed by atoms with Crippen molar-refractivity contribution >= 4 is 0 Å². The van der Waals surface area contributed by atoms with E-state index in [1.807, 2.05) is 0 Å². The maximum atomic E-state index is 11.3. The first-order chi connectivity index (χ1) is 41.2. The van der Waals surface area contributed by atoms with Gasteiger partial charge in [-0.15, -0.1) is 0 Å². The van der Waals surface area contributed by atoms with E-state index in [4.69, 9.17) is 0 Å². The lowest BCUT2D eigenvalue weighted by atomic mass is 10.1. The number of rotatable bonds is 66. The standard InChI is InChI=1S/C77H143N3O4/c1-6-10-14-18-22-26-30-34-38-42-46-50-54-58-62-74(81)70-79(71-75(82)63-59-55-51-47-43-39-35-31-27-23-19-15-11-7-2)68-66-78(5)67-69-80(72-76(83)64-60-56-52-48-44-40-36-32-28-24-20-16-12-8-3)73-77(84)65-61-57-53-49-45-41-37-33-29-25-21-17-13-9-4/h34-41,46-53,74-77,81-84H,6-33,42-45,54-73H2,1-5H3/b38-34-,39-35-,40-36-,41-37-,50-46-,51-47-,52-48-,53-49-. The van der Waals surface area contributed by atoms with Gasteiger partial charge in [-0.25, -0.2) is 0 Å². The van der Waals surface area contributed by atoms with Crippen LogP contribution in [0.15, 0.2) is 97.2 Å². The highest BCUT2D eigenvalue weighted by molar-refractivity contribution is 4.96. The molecule has 0 aromatic heterocycles. The number of likely N-dealkylation sites (N-methyl/N-ethyl adjacent to an activating group) is 1. The predicted octanol–water partition coefficient (Wildman–Crippen LogP) is 20.7. The SMILES string of the molecule is CCCCCCCC/C=C\C/C=C\CCCC(O)CN(CCN(C)CCN(CC(O)CCC/C=C\C/C=C\CCCCCCCC)CC(O)CCC/C=C\C/C=C\CCCCCCCC)CC(O)CCC/C=C\C/C=C\CCCCCCCC. The van der Waals surface area contributed by atoms with Crippen molar-refractivity contribution in [1.82, 2.24) is 14.7 Å². The normalized spacial score (nSPS) is 14.3. The lowest BCUT2D eigenvalue weighted by molar-refractivity contribution is 0.0499. The Kier molecular flexibility index (Phi) is 66.2. The Bertz CT molecular complexity index is 1340. The minimum atomic E-state index is -0.442. The van der Waals surface area contributed by atoms with Gasteiger partial charge in [0.1, 0.15) is 0 Å². The van der Waals surface area contributed by atoms with Crippen molar-refractivity contribution < 1.29 is 20.4 Å². The van der Waals surface area contributed by atoms with Crippen LogP contribution in [0.5, 0.6) is 0 Å². The van der Waals surface area contributed by atoms with Gasteiger partial charge in [-0.05, 0) is 161 Å². The van der Waals surface area contributed by atoms with Gasteiger partial charge < -0.3 is 25.3 Å². The van der Waals surface area contributed by atoms with Gasteiger partial charge in [-0.2, -0.15) is 0 Å². The molecule has 4 N–H and O–H groups in total. The largest absolute Gasteiger partial charge is 0.392 e. The summed E-state index contributed by atoms with van der Waals surface area (Å²) in [6, 6.07) is 0. The van der Waals surface area contributed by atoms with Crippen LogP contribution < -0.4 is 0 Å². The fourth-order valence-corrected chi connectivity index (χ4v) is 10.9. The van der Waals surface area contributed by atoms with Crippen LogP contribution in [0.3, 0.4) is 0 Å². The first kappa shape index (κ1) is 81.6. The fraction of sp³-hybridized carbons (Fsp3) is 0.792. The van der Waals surface area contributed by atoms with Crippen molar-refractivity contribution in [3.63, 3.8) is 0 Å². The molecule has 7 heteroatoms. The molecule has 0 radical (unpaired) electrons. The molecular weight excluding hydrogens is 1030 g/mol. The van der Waals surface area contributed by atoms with E-state index in [0.717, 1.165) is 129 Å². The van der Waals surface area contributed by atoms with Crippen LogP contribution in [0.25, 0.3) is 0 Å². The van der Waals surface area contributed by atoms with Gasteiger partial charge >= 0.3 is 0 Å². The molecule has 0 bridgehead atoms. The van der Waals surface area contributed by atoms with Crippen molar-refractivity contribution in [3.8, 4) is 0 Å². The zero-order valence-electron chi connectivity index (χ0n) is 56.4. The predicted molar refractivity (Wildman–Crippen MR) is 373 cm³/mol. The highest BCUT2D eigenvalue weighted by Crippen LogP contribution is 2.15. The third kappa shape index (κ3) is 64.1. The molecule has 4 atom stereocenters. The molecule has 4 unspecified atom stereocenters. The number of aliphatic hydroxyl groups excluding tert-OH is 4. The Morgan fingerprint density at radius 2 is 0.429 bits per heavy atom. The van der Waals surface area contributed by atoms with Crippen LogP contribution in [0, 0.1) is 0 Å². The van der Waals surface area contributed by atoms with Gasteiger partial charge in [-0.1, -0.05) is 253 Å². The van der Waals surface area contributed by atoms with E-state index in [9.17, 15) is 20.4 Å². The van der Waals surface area contributed by atoms with Gasteiger partial charge in [0, 0.05) is 52.4 Å². The zero-order valence-corrected chi connectivity index (χ0v) is 56.4. The molecule has 0 fully saturated rings. The smallest absolute Gasteiger partial charge is 0.0667 e. The van der Waals surface area contributed by atoms with Crippen LogP contribution in [0.4, 0.5) is 0 Å². The van der Waals surface area contributed by atoms with Crippen LogP contribution in [-0.2, 0) is 0 Å². The van der Waals surface area contributed by atoms with E-state index in [2.05, 4.69) is 147 Å². The molecule has 0 amide bonds. The van der Waals surface area contributed by atoms with Crippen molar-refractivity contribution in [2.45, 2.75) is 335 Å². The Balaban J connectivity index is 5.45. The maximum absolute atomic E-state index is 11.3. The van der Waals surface area contributed by atoms with E-state index in [-0.39, 0.29) is 0 Å². The number of allylic oxidation sites excluding steroid dienone is 16. The summed E-state index contributed by atoms with van der Waals surface area (Å²) in [6.07, 6.45) is 86.4. The first-order valence-electron chi connectivity index (χ1n) is 36.3. The lowest BCUT2D eigenvalue weighted by Gasteiger charge is -2.31. The Morgan fingerprint density at radius 3 is 0.643 bits per heavy atom. The summed E-state index contributed by atoms with van der Waals surface area (Å²) in [5.41, 5.74) is 0. The van der Waals surface area contributed by atoms with Crippen molar-refractivity contribution in [1.29, 1.82) is 0 Å². The molecule has 0 aromatic carbocycles. The van der Waals surface area contributed by atoms with E-state index in [0.29, 0.717) is 26.2 Å². The topological polar surface area (TPSA) is 90.6 Å². The summed E-state index contributed by atoms with van der Waals surface area (Å²) in [6.45, 7) is 14.5. The van der Waals surface area contributed by atoms with Gasteiger partial charge in [0.15, 0.2) is 0 Å². The van der Waals surface area contributed by atoms with Crippen LogP contribution in [-0.4, -0.2) is 119 Å².